The van der Waals surface area contributed by atoms with Crippen LogP contribution < -0.4 is 4.74 Å². The number of hydrogen-bond acceptors (Lipinski definition) is 5. The molecule has 6 nitrogen and oxygen atoms in total. The monoisotopic (exact) mass is 486 g/mol. The summed E-state index contributed by atoms with van der Waals surface area (Å²) >= 11 is 0. The molecule has 3 unspecified atom stereocenters. The zero-order valence-electron chi connectivity index (χ0n) is 21.0. The van der Waals surface area contributed by atoms with Gasteiger partial charge in [-0.3, -0.25) is 9.59 Å². The van der Waals surface area contributed by atoms with Gasteiger partial charge in [0.15, 0.2) is 0 Å². The van der Waals surface area contributed by atoms with Crippen molar-refractivity contribution in [2.75, 3.05) is 20.6 Å². The highest BCUT2D eigenvalue weighted by atomic mass is 16.5. The number of ether oxygens (including phenoxy) is 1. The van der Waals surface area contributed by atoms with Crippen LogP contribution in [0, 0.1) is 5.92 Å². The number of aromatic nitrogens is 1. The van der Waals surface area contributed by atoms with Crippen molar-refractivity contribution in [3.63, 3.8) is 0 Å². The van der Waals surface area contributed by atoms with Crippen LogP contribution in [0.1, 0.15) is 65.3 Å². The summed E-state index contributed by atoms with van der Waals surface area (Å²) in [6.07, 6.45) is 4.37. The third-order valence-electron chi connectivity index (χ3n) is 7.74. The standard InChI is InChI=1S/C30H34N2O4/c1-31(2)20-23-11-6-7-17-30(23,35)22-12-8-13-24(19-22)36-29(34)25-16-18-32-26(25)14-15-27(32)28(33)21-9-4-3-5-10-21/h3-5,8-10,12-15,19,23,25,35H,6-7,11,16-18,20H2,1-2H3. The normalized spacial score (nSPS) is 23.4. The molecule has 2 heterocycles. The van der Waals surface area contributed by atoms with E-state index in [-0.39, 0.29) is 17.7 Å². The van der Waals surface area contributed by atoms with Crippen LogP contribution in [0.15, 0.2) is 66.7 Å². The number of fused-ring (bicyclic) bond motifs is 1. The van der Waals surface area contributed by atoms with Gasteiger partial charge in [0.2, 0.25) is 5.78 Å². The number of carbonyl (C=O) groups excluding carboxylic acids is 2. The van der Waals surface area contributed by atoms with Gasteiger partial charge < -0.3 is 19.3 Å². The Morgan fingerprint density at radius 1 is 1.03 bits per heavy atom. The molecule has 0 radical (unpaired) electrons. The highest BCUT2D eigenvalue weighted by molar-refractivity contribution is 6.08. The Bertz CT molecular complexity index is 1250. The molecule has 3 aromatic rings. The van der Waals surface area contributed by atoms with E-state index < -0.39 is 11.5 Å². The molecule has 1 aliphatic carbocycles. The molecule has 36 heavy (non-hydrogen) atoms. The molecule has 3 atom stereocenters. The minimum atomic E-state index is -0.931. The fraction of sp³-hybridized carbons (Fsp3) is 0.400. The van der Waals surface area contributed by atoms with Gasteiger partial charge in [0.1, 0.15) is 5.75 Å². The SMILES string of the molecule is CN(C)CC1CCCCC1(O)c1cccc(OC(=O)C2CCn3c(C(=O)c4ccccc4)ccc32)c1. The Morgan fingerprint density at radius 2 is 1.83 bits per heavy atom. The van der Waals surface area contributed by atoms with Gasteiger partial charge in [-0.1, -0.05) is 55.3 Å². The average molecular weight is 487 g/mol. The summed E-state index contributed by atoms with van der Waals surface area (Å²) in [4.78, 5) is 28.3. The molecule has 1 aliphatic heterocycles. The van der Waals surface area contributed by atoms with Crippen LogP contribution >= 0.6 is 0 Å². The number of hydrogen-bond donors (Lipinski definition) is 1. The Morgan fingerprint density at radius 3 is 2.61 bits per heavy atom. The molecule has 188 valence electrons. The van der Waals surface area contributed by atoms with Crippen LogP contribution in [0.3, 0.4) is 0 Å². The van der Waals surface area contributed by atoms with E-state index in [0.717, 1.165) is 37.1 Å². The Balaban J connectivity index is 1.33. The summed E-state index contributed by atoms with van der Waals surface area (Å²) in [6.45, 7) is 1.41. The second-order valence-electron chi connectivity index (χ2n) is 10.4. The average Bonchev–Trinajstić information content (AvgIpc) is 3.48. The fourth-order valence-corrected chi connectivity index (χ4v) is 5.92. The first-order valence-corrected chi connectivity index (χ1v) is 12.9. The predicted octanol–water partition coefficient (Wildman–Crippen LogP) is 4.75. The largest absolute Gasteiger partial charge is 0.426 e. The third-order valence-corrected chi connectivity index (χ3v) is 7.74. The van der Waals surface area contributed by atoms with Crippen molar-refractivity contribution < 1.29 is 19.4 Å². The zero-order chi connectivity index (χ0) is 25.3. The van der Waals surface area contributed by atoms with Crippen LogP contribution in [-0.4, -0.2) is 47.0 Å². The Hall–Kier alpha value is -3.22. The number of aliphatic hydroxyl groups is 1. The van der Waals surface area contributed by atoms with Crippen LogP contribution in [0.5, 0.6) is 5.75 Å². The maximum absolute atomic E-state index is 13.2. The van der Waals surface area contributed by atoms with Crippen molar-refractivity contribution in [3.05, 3.63) is 89.2 Å². The Labute approximate surface area is 212 Å². The molecular weight excluding hydrogens is 452 g/mol. The number of ketones is 1. The summed E-state index contributed by atoms with van der Waals surface area (Å²) in [7, 11) is 4.06. The van der Waals surface area contributed by atoms with Crippen LogP contribution in [0.25, 0.3) is 0 Å². The third kappa shape index (κ3) is 4.63. The van der Waals surface area contributed by atoms with Crippen LogP contribution in [-0.2, 0) is 16.9 Å². The van der Waals surface area contributed by atoms with E-state index in [1.165, 1.54) is 0 Å². The minimum absolute atomic E-state index is 0.0448. The molecule has 0 spiro atoms. The molecular formula is C30H34N2O4. The number of benzene rings is 2. The molecule has 0 bridgehead atoms. The smallest absolute Gasteiger partial charge is 0.320 e. The maximum atomic E-state index is 13.2. The summed E-state index contributed by atoms with van der Waals surface area (Å²) < 4.78 is 7.78. The second kappa shape index (κ2) is 10.0. The summed E-state index contributed by atoms with van der Waals surface area (Å²) in [6, 6.07) is 20.2. The Kier molecular flexibility index (Phi) is 6.82. The highest BCUT2D eigenvalue weighted by Gasteiger charge is 2.41. The second-order valence-corrected chi connectivity index (χ2v) is 10.4. The van der Waals surface area contributed by atoms with Gasteiger partial charge in [-0.15, -0.1) is 0 Å². The predicted molar refractivity (Wildman–Crippen MR) is 138 cm³/mol. The maximum Gasteiger partial charge on any atom is 0.320 e. The molecule has 1 fully saturated rings. The molecule has 1 aromatic heterocycles. The zero-order valence-corrected chi connectivity index (χ0v) is 21.0. The number of carbonyl (C=O) groups is 2. The van der Waals surface area contributed by atoms with Gasteiger partial charge in [-0.2, -0.15) is 0 Å². The van der Waals surface area contributed by atoms with Gasteiger partial charge in [-0.05, 0) is 63.2 Å². The quantitative estimate of drug-likeness (QED) is 0.296. The van der Waals surface area contributed by atoms with E-state index in [0.29, 0.717) is 36.4 Å². The summed E-state index contributed by atoms with van der Waals surface area (Å²) in [5.74, 6) is -0.221. The number of esters is 1. The van der Waals surface area contributed by atoms with Gasteiger partial charge in [0, 0.05) is 30.3 Å². The highest BCUT2D eigenvalue weighted by Crippen LogP contribution is 2.43. The van der Waals surface area contributed by atoms with Gasteiger partial charge in [0.25, 0.3) is 0 Å². The molecule has 2 aliphatic rings. The van der Waals surface area contributed by atoms with E-state index in [9.17, 15) is 14.7 Å². The van der Waals surface area contributed by atoms with E-state index in [1.54, 1.807) is 24.3 Å². The first kappa shape index (κ1) is 24.5. The van der Waals surface area contributed by atoms with E-state index in [4.69, 9.17) is 4.74 Å². The van der Waals surface area contributed by atoms with E-state index in [2.05, 4.69) is 4.90 Å². The van der Waals surface area contributed by atoms with Gasteiger partial charge in [-0.25, -0.2) is 0 Å². The lowest BCUT2D eigenvalue weighted by molar-refractivity contribution is -0.136. The number of nitrogens with zero attached hydrogens (tertiary/aromatic N) is 2. The molecule has 2 aromatic carbocycles. The van der Waals surface area contributed by atoms with Crippen LogP contribution in [0.4, 0.5) is 0 Å². The first-order valence-electron chi connectivity index (χ1n) is 12.9. The van der Waals surface area contributed by atoms with E-state index >= 15 is 0 Å². The number of rotatable bonds is 7. The van der Waals surface area contributed by atoms with Gasteiger partial charge in [0.05, 0.1) is 17.2 Å². The summed E-state index contributed by atoms with van der Waals surface area (Å²) in [5, 5.41) is 11.7. The summed E-state index contributed by atoms with van der Waals surface area (Å²) in [5.41, 5.74) is 1.92. The molecule has 1 N–H and O–H groups in total. The molecule has 1 saturated carbocycles. The van der Waals surface area contributed by atoms with Crippen LogP contribution in [0.2, 0.25) is 0 Å². The van der Waals surface area contributed by atoms with Crippen molar-refractivity contribution >= 4 is 11.8 Å². The fourth-order valence-electron chi connectivity index (χ4n) is 5.92. The molecule has 0 amide bonds. The lowest BCUT2D eigenvalue weighted by Gasteiger charge is -2.41. The minimum Gasteiger partial charge on any atom is -0.426 e. The van der Waals surface area contributed by atoms with E-state index in [1.807, 2.05) is 61.1 Å². The lowest BCUT2D eigenvalue weighted by atomic mass is 9.71. The first-order chi connectivity index (χ1) is 17.4. The van der Waals surface area contributed by atoms with Crippen molar-refractivity contribution in [2.24, 2.45) is 5.92 Å². The molecule has 6 heteroatoms. The van der Waals surface area contributed by atoms with Crippen molar-refractivity contribution in [1.29, 1.82) is 0 Å². The van der Waals surface area contributed by atoms with Gasteiger partial charge >= 0.3 is 5.97 Å². The lowest BCUT2D eigenvalue weighted by Crippen LogP contribution is -2.43. The van der Waals surface area contributed by atoms with Crippen molar-refractivity contribution in [3.8, 4) is 5.75 Å². The molecule has 0 saturated heterocycles. The topological polar surface area (TPSA) is 71.8 Å². The van der Waals surface area contributed by atoms with Crippen molar-refractivity contribution in [1.82, 2.24) is 9.47 Å². The molecule has 5 rings (SSSR count). The van der Waals surface area contributed by atoms with Crippen molar-refractivity contribution in [2.45, 2.75) is 50.2 Å².